The first-order valence-corrected chi connectivity index (χ1v) is 8.68. The predicted octanol–water partition coefficient (Wildman–Crippen LogP) is 1.39. The van der Waals surface area contributed by atoms with E-state index in [1.807, 2.05) is 18.2 Å². The van der Waals surface area contributed by atoms with Crippen LogP contribution in [0.4, 0.5) is 0 Å². The molecule has 0 aliphatic carbocycles. The molecule has 3 amide bonds. The summed E-state index contributed by atoms with van der Waals surface area (Å²) < 4.78 is 0. The molecule has 1 saturated heterocycles. The molecule has 0 bridgehead atoms. The van der Waals surface area contributed by atoms with Crippen LogP contribution in [0, 0.1) is 0 Å². The molecule has 4 heterocycles. The second-order valence-electron chi connectivity index (χ2n) is 6.74. The monoisotopic (exact) mass is 361 g/mol. The number of benzene rings is 1. The molecule has 1 aromatic carbocycles. The fourth-order valence-corrected chi connectivity index (χ4v) is 3.70. The molecule has 1 unspecified atom stereocenters. The molecule has 0 radical (unpaired) electrons. The molecule has 8 nitrogen and oxygen atoms in total. The Labute approximate surface area is 153 Å². The lowest BCUT2D eigenvalue weighted by Crippen LogP contribution is -2.52. The van der Waals surface area contributed by atoms with Gasteiger partial charge in [0, 0.05) is 30.3 Å². The topological polar surface area (TPSA) is 108 Å². The number of nitrogens with zero attached hydrogens (tertiary/aromatic N) is 3. The summed E-state index contributed by atoms with van der Waals surface area (Å²) in [6.45, 7) is 0.341. The smallest absolute Gasteiger partial charge is 0.255 e. The number of rotatable bonds is 2. The SMILES string of the molecule is O=C1CCC(N2Cc3cc(-c4cnc5[nH]ccc5n4)ccc3C2=O)C(=O)N1. The van der Waals surface area contributed by atoms with Crippen LogP contribution in [0.5, 0.6) is 0 Å². The number of nitrogens with one attached hydrogen (secondary N) is 2. The summed E-state index contributed by atoms with van der Waals surface area (Å²) in [5.41, 5.74) is 4.50. The summed E-state index contributed by atoms with van der Waals surface area (Å²) in [4.78, 5) is 49.7. The van der Waals surface area contributed by atoms with Crippen LogP contribution in [0.1, 0.15) is 28.8 Å². The van der Waals surface area contributed by atoms with Gasteiger partial charge < -0.3 is 9.88 Å². The molecule has 2 aromatic heterocycles. The highest BCUT2D eigenvalue weighted by atomic mass is 16.2. The summed E-state index contributed by atoms with van der Waals surface area (Å²) in [6.07, 6.45) is 4.07. The van der Waals surface area contributed by atoms with Crippen LogP contribution in [0.25, 0.3) is 22.4 Å². The van der Waals surface area contributed by atoms with E-state index >= 15 is 0 Å². The molecule has 5 rings (SSSR count). The van der Waals surface area contributed by atoms with Gasteiger partial charge in [-0.2, -0.15) is 0 Å². The maximum absolute atomic E-state index is 12.7. The summed E-state index contributed by atoms with van der Waals surface area (Å²) >= 11 is 0. The van der Waals surface area contributed by atoms with Gasteiger partial charge in [-0.05, 0) is 30.2 Å². The van der Waals surface area contributed by atoms with Crippen molar-refractivity contribution in [2.75, 3.05) is 0 Å². The van der Waals surface area contributed by atoms with Gasteiger partial charge in [0.1, 0.15) is 11.6 Å². The van der Waals surface area contributed by atoms with Gasteiger partial charge in [0.05, 0.1) is 11.9 Å². The lowest BCUT2D eigenvalue weighted by Gasteiger charge is -2.29. The molecule has 0 spiro atoms. The lowest BCUT2D eigenvalue weighted by atomic mass is 10.0. The van der Waals surface area contributed by atoms with Gasteiger partial charge in [-0.3, -0.25) is 19.7 Å². The molecule has 2 aliphatic heterocycles. The van der Waals surface area contributed by atoms with Crippen LogP contribution in [0.3, 0.4) is 0 Å². The van der Waals surface area contributed by atoms with E-state index in [2.05, 4.69) is 20.3 Å². The molecule has 27 heavy (non-hydrogen) atoms. The molecule has 1 atom stereocenters. The highest BCUT2D eigenvalue weighted by Gasteiger charge is 2.39. The van der Waals surface area contributed by atoms with E-state index in [4.69, 9.17) is 0 Å². The molecule has 8 heteroatoms. The Bertz CT molecular complexity index is 1120. The molecular formula is C19H15N5O3. The summed E-state index contributed by atoms with van der Waals surface area (Å²) in [5, 5.41) is 2.31. The number of aromatic nitrogens is 3. The molecule has 134 valence electrons. The van der Waals surface area contributed by atoms with E-state index in [1.54, 1.807) is 18.5 Å². The largest absolute Gasteiger partial charge is 0.345 e. The molecule has 1 fully saturated rings. The standard InChI is InChI=1S/C19H15N5O3/c25-16-4-3-15(18(26)23-16)24-9-11-7-10(1-2-12(11)19(24)27)14-8-21-17-13(22-14)5-6-20-17/h1-2,5-8,15H,3-4,9H2,(H,20,21)(H,23,25,26). The van der Waals surface area contributed by atoms with Crippen LogP contribution >= 0.6 is 0 Å². The van der Waals surface area contributed by atoms with Crippen molar-refractivity contribution in [3.63, 3.8) is 0 Å². The zero-order valence-corrected chi connectivity index (χ0v) is 14.2. The number of imide groups is 1. The number of piperidine rings is 1. The zero-order chi connectivity index (χ0) is 18.5. The van der Waals surface area contributed by atoms with E-state index in [1.165, 1.54) is 4.90 Å². The third-order valence-corrected chi connectivity index (χ3v) is 5.08. The fourth-order valence-electron chi connectivity index (χ4n) is 3.70. The van der Waals surface area contributed by atoms with Crippen LogP contribution < -0.4 is 5.32 Å². The number of carbonyl (C=O) groups excluding carboxylic acids is 3. The van der Waals surface area contributed by atoms with Crippen molar-refractivity contribution in [3.8, 4) is 11.3 Å². The van der Waals surface area contributed by atoms with E-state index in [0.717, 1.165) is 28.0 Å². The third-order valence-electron chi connectivity index (χ3n) is 5.08. The summed E-state index contributed by atoms with van der Waals surface area (Å²) in [7, 11) is 0. The lowest BCUT2D eigenvalue weighted by molar-refractivity contribution is -0.136. The van der Waals surface area contributed by atoms with E-state index in [0.29, 0.717) is 18.5 Å². The van der Waals surface area contributed by atoms with Gasteiger partial charge in [-0.15, -0.1) is 0 Å². The number of aromatic amines is 1. The highest BCUT2D eigenvalue weighted by molar-refractivity contribution is 6.05. The molecule has 2 aliphatic rings. The third kappa shape index (κ3) is 2.49. The first-order chi connectivity index (χ1) is 13.1. The van der Waals surface area contributed by atoms with Crippen LogP contribution in [0.15, 0.2) is 36.7 Å². The second kappa shape index (κ2) is 5.73. The van der Waals surface area contributed by atoms with Gasteiger partial charge in [-0.1, -0.05) is 6.07 Å². The Hall–Kier alpha value is -3.55. The Morgan fingerprint density at radius 2 is 2.04 bits per heavy atom. The normalized spacial score (nSPS) is 19.5. The van der Waals surface area contributed by atoms with Crippen LogP contribution in [-0.2, 0) is 16.1 Å². The van der Waals surface area contributed by atoms with Crippen LogP contribution in [-0.4, -0.2) is 43.6 Å². The molecule has 2 N–H and O–H groups in total. The van der Waals surface area contributed by atoms with Crippen molar-refractivity contribution in [2.24, 2.45) is 0 Å². The number of amides is 3. The first kappa shape index (κ1) is 15.7. The maximum atomic E-state index is 12.7. The Balaban J connectivity index is 1.46. The number of hydrogen-bond donors (Lipinski definition) is 2. The van der Waals surface area contributed by atoms with Crippen molar-refractivity contribution < 1.29 is 14.4 Å². The number of hydrogen-bond acceptors (Lipinski definition) is 5. The fraction of sp³-hybridized carbons (Fsp3) is 0.211. The van der Waals surface area contributed by atoms with Crippen molar-refractivity contribution in [3.05, 3.63) is 47.8 Å². The average Bonchev–Trinajstić information content (AvgIpc) is 3.25. The minimum Gasteiger partial charge on any atom is -0.345 e. The molecule has 3 aromatic rings. The number of H-pyrrole nitrogens is 1. The van der Waals surface area contributed by atoms with E-state index in [-0.39, 0.29) is 18.2 Å². The van der Waals surface area contributed by atoms with Crippen molar-refractivity contribution in [1.82, 2.24) is 25.2 Å². The Kier molecular flexibility index (Phi) is 3.33. The predicted molar refractivity (Wildman–Crippen MR) is 95.4 cm³/mol. The van der Waals surface area contributed by atoms with Gasteiger partial charge in [0.15, 0.2) is 5.65 Å². The summed E-state index contributed by atoms with van der Waals surface area (Å²) in [5.74, 6) is -0.879. The van der Waals surface area contributed by atoms with E-state index < -0.39 is 11.9 Å². The minimum absolute atomic E-state index is 0.182. The minimum atomic E-state index is -0.609. The number of fused-ring (bicyclic) bond motifs is 2. The van der Waals surface area contributed by atoms with Crippen molar-refractivity contribution in [1.29, 1.82) is 0 Å². The second-order valence-corrected chi connectivity index (χ2v) is 6.74. The Morgan fingerprint density at radius 3 is 2.89 bits per heavy atom. The Morgan fingerprint density at radius 1 is 1.15 bits per heavy atom. The quantitative estimate of drug-likeness (QED) is 0.671. The highest BCUT2D eigenvalue weighted by Crippen LogP contribution is 2.30. The van der Waals surface area contributed by atoms with Gasteiger partial charge in [0.2, 0.25) is 11.8 Å². The van der Waals surface area contributed by atoms with Crippen molar-refractivity contribution >= 4 is 28.9 Å². The van der Waals surface area contributed by atoms with Crippen molar-refractivity contribution in [2.45, 2.75) is 25.4 Å². The average molecular weight is 361 g/mol. The molecule has 0 saturated carbocycles. The van der Waals surface area contributed by atoms with Crippen LogP contribution in [0.2, 0.25) is 0 Å². The zero-order valence-electron chi connectivity index (χ0n) is 14.2. The van der Waals surface area contributed by atoms with Gasteiger partial charge in [-0.25, -0.2) is 9.97 Å². The molecular weight excluding hydrogens is 346 g/mol. The summed E-state index contributed by atoms with van der Waals surface area (Å²) in [6, 6.07) is 6.77. The van der Waals surface area contributed by atoms with Gasteiger partial charge in [0.25, 0.3) is 5.91 Å². The van der Waals surface area contributed by atoms with Gasteiger partial charge >= 0.3 is 0 Å². The first-order valence-electron chi connectivity index (χ1n) is 8.68. The number of carbonyl (C=O) groups is 3. The van der Waals surface area contributed by atoms with E-state index in [9.17, 15) is 14.4 Å². The maximum Gasteiger partial charge on any atom is 0.255 e.